The smallest absolute Gasteiger partial charge is 0.263 e. The maximum Gasteiger partial charge on any atom is 0.263 e. The number of rotatable bonds is 3. The minimum absolute atomic E-state index is 0.0107. The van der Waals surface area contributed by atoms with Crippen molar-refractivity contribution in [3.05, 3.63) is 4.60 Å². The molecule has 96 valence electrons. The molecule has 0 aromatic carbocycles. The van der Waals surface area contributed by atoms with Gasteiger partial charge in [0.25, 0.3) is 10.0 Å². The van der Waals surface area contributed by atoms with Crippen LogP contribution in [0.15, 0.2) is 9.63 Å². The molecule has 0 bridgehead atoms. The van der Waals surface area contributed by atoms with Crippen LogP contribution in [0.25, 0.3) is 0 Å². The van der Waals surface area contributed by atoms with Gasteiger partial charge in [0.05, 0.1) is 0 Å². The van der Waals surface area contributed by atoms with Gasteiger partial charge in [0.2, 0.25) is 5.03 Å². The quantitative estimate of drug-likeness (QED) is 0.815. The minimum Gasteiger partial charge on any atom is -0.396 e. The molecular formula is C8H13BrN4O3S. The van der Waals surface area contributed by atoms with Crippen LogP contribution in [0.5, 0.6) is 0 Å². The second-order valence-corrected chi connectivity index (χ2v) is 6.61. The fraction of sp³-hybridized carbons (Fsp3) is 0.750. The van der Waals surface area contributed by atoms with Crippen molar-refractivity contribution in [1.82, 2.24) is 19.3 Å². The van der Waals surface area contributed by atoms with Crippen LogP contribution in [0.2, 0.25) is 0 Å². The summed E-state index contributed by atoms with van der Waals surface area (Å²) >= 11 is 3.08. The van der Waals surface area contributed by atoms with Crippen LogP contribution < -0.4 is 0 Å². The number of hydrogen-bond acceptors (Lipinski definition) is 5. The van der Waals surface area contributed by atoms with Gasteiger partial charge < -0.3 is 5.11 Å². The van der Waals surface area contributed by atoms with Gasteiger partial charge in [-0.3, -0.25) is 0 Å². The Hall–Kier alpha value is -0.510. The summed E-state index contributed by atoms with van der Waals surface area (Å²) in [5.74, 6) is 0.0183. The van der Waals surface area contributed by atoms with Crippen molar-refractivity contribution in [2.75, 3.05) is 19.7 Å². The molecule has 1 unspecified atom stereocenters. The lowest BCUT2D eigenvalue weighted by molar-refractivity contribution is 0.233. The van der Waals surface area contributed by atoms with Crippen LogP contribution in [0.4, 0.5) is 0 Å². The van der Waals surface area contributed by atoms with E-state index in [2.05, 4.69) is 26.2 Å². The van der Waals surface area contributed by atoms with E-state index >= 15 is 0 Å². The van der Waals surface area contributed by atoms with Crippen LogP contribution in [0.1, 0.15) is 6.42 Å². The van der Waals surface area contributed by atoms with Crippen LogP contribution in [-0.2, 0) is 17.1 Å². The zero-order chi connectivity index (χ0) is 12.6. The summed E-state index contributed by atoms with van der Waals surface area (Å²) in [4.78, 5) is 0. The number of aryl methyl sites for hydroxylation is 1. The molecule has 1 aromatic heterocycles. The fourth-order valence-electron chi connectivity index (χ4n) is 1.88. The first kappa shape index (κ1) is 12.9. The summed E-state index contributed by atoms with van der Waals surface area (Å²) in [6, 6.07) is 0. The third kappa shape index (κ3) is 2.24. The average molecular weight is 325 g/mol. The summed E-state index contributed by atoms with van der Waals surface area (Å²) in [7, 11) is -2.05. The van der Waals surface area contributed by atoms with Crippen LogP contribution in [0, 0.1) is 5.92 Å². The maximum absolute atomic E-state index is 12.3. The summed E-state index contributed by atoms with van der Waals surface area (Å²) in [6.07, 6.45) is 0.679. The minimum atomic E-state index is -3.59. The highest BCUT2D eigenvalue weighted by Gasteiger charge is 2.35. The number of halogens is 1. The van der Waals surface area contributed by atoms with E-state index in [1.807, 2.05) is 0 Å². The highest BCUT2D eigenvalue weighted by atomic mass is 79.9. The van der Waals surface area contributed by atoms with Crippen molar-refractivity contribution in [3.8, 4) is 0 Å². The Bertz CT molecular complexity index is 495. The predicted octanol–water partition coefficient (Wildman–Crippen LogP) is -0.420. The van der Waals surface area contributed by atoms with E-state index in [1.165, 1.54) is 16.0 Å². The zero-order valence-electron chi connectivity index (χ0n) is 9.24. The van der Waals surface area contributed by atoms with Crippen molar-refractivity contribution in [1.29, 1.82) is 0 Å². The topological polar surface area (TPSA) is 88.3 Å². The first-order valence-electron chi connectivity index (χ1n) is 5.13. The normalized spacial score (nSPS) is 22.2. The SMILES string of the molecule is Cn1nnc(Br)c1S(=O)(=O)N1CCC(CO)C1. The van der Waals surface area contributed by atoms with Gasteiger partial charge in [0.15, 0.2) is 4.60 Å². The number of aliphatic hydroxyl groups excluding tert-OH is 1. The molecule has 1 fully saturated rings. The molecule has 1 aromatic rings. The molecule has 1 aliphatic heterocycles. The van der Waals surface area contributed by atoms with E-state index in [1.54, 1.807) is 0 Å². The van der Waals surface area contributed by atoms with Crippen LogP contribution in [-0.4, -0.2) is 52.5 Å². The van der Waals surface area contributed by atoms with E-state index in [0.29, 0.717) is 19.5 Å². The molecule has 1 N–H and O–H groups in total. The van der Waals surface area contributed by atoms with E-state index in [-0.39, 0.29) is 22.2 Å². The first-order valence-corrected chi connectivity index (χ1v) is 7.36. The molecule has 1 atom stereocenters. The third-order valence-electron chi connectivity index (χ3n) is 2.83. The van der Waals surface area contributed by atoms with Crippen LogP contribution >= 0.6 is 15.9 Å². The molecule has 1 saturated heterocycles. The Morgan fingerprint density at radius 3 is 2.76 bits per heavy atom. The number of sulfonamides is 1. The zero-order valence-corrected chi connectivity index (χ0v) is 11.6. The Kier molecular flexibility index (Phi) is 3.53. The molecular weight excluding hydrogens is 312 g/mol. The molecule has 0 saturated carbocycles. The first-order chi connectivity index (χ1) is 7.96. The largest absolute Gasteiger partial charge is 0.396 e. The van der Waals surface area contributed by atoms with Gasteiger partial charge in [-0.15, -0.1) is 5.10 Å². The summed E-state index contributed by atoms with van der Waals surface area (Å²) < 4.78 is 27.4. The Morgan fingerprint density at radius 2 is 2.29 bits per heavy atom. The van der Waals surface area contributed by atoms with Crippen molar-refractivity contribution < 1.29 is 13.5 Å². The molecule has 9 heteroatoms. The van der Waals surface area contributed by atoms with E-state index < -0.39 is 10.0 Å². The monoisotopic (exact) mass is 324 g/mol. The van der Waals surface area contributed by atoms with Gasteiger partial charge in [-0.1, -0.05) is 5.21 Å². The molecule has 0 spiro atoms. The lowest BCUT2D eigenvalue weighted by Crippen LogP contribution is -2.31. The number of aromatic nitrogens is 3. The van der Waals surface area contributed by atoms with E-state index in [0.717, 1.165) is 0 Å². The van der Waals surface area contributed by atoms with Gasteiger partial charge in [-0.25, -0.2) is 13.1 Å². The molecule has 0 aliphatic carbocycles. The maximum atomic E-state index is 12.3. The summed E-state index contributed by atoms with van der Waals surface area (Å²) in [6.45, 7) is 0.776. The lowest BCUT2D eigenvalue weighted by atomic mass is 10.1. The Labute approximate surface area is 108 Å². The van der Waals surface area contributed by atoms with Crippen molar-refractivity contribution in [2.24, 2.45) is 13.0 Å². The molecule has 7 nitrogen and oxygen atoms in total. The number of hydrogen-bond donors (Lipinski definition) is 1. The van der Waals surface area contributed by atoms with Gasteiger partial charge in [0, 0.05) is 26.7 Å². The number of aliphatic hydroxyl groups is 1. The van der Waals surface area contributed by atoms with Crippen molar-refractivity contribution in [3.63, 3.8) is 0 Å². The number of nitrogens with zero attached hydrogens (tertiary/aromatic N) is 4. The highest BCUT2D eigenvalue weighted by Crippen LogP contribution is 2.27. The fourth-order valence-corrected chi connectivity index (χ4v) is 4.45. The Balaban J connectivity index is 2.32. The molecule has 0 radical (unpaired) electrons. The predicted molar refractivity (Wildman–Crippen MR) is 62.7 cm³/mol. The van der Waals surface area contributed by atoms with Crippen molar-refractivity contribution >= 4 is 26.0 Å². The van der Waals surface area contributed by atoms with Gasteiger partial charge in [-0.2, -0.15) is 4.31 Å². The molecule has 1 aliphatic rings. The van der Waals surface area contributed by atoms with Gasteiger partial charge in [-0.05, 0) is 28.3 Å². The van der Waals surface area contributed by atoms with Gasteiger partial charge >= 0.3 is 0 Å². The highest BCUT2D eigenvalue weighted by molar-refractivity contribution is 9.10. The van der Waals surface area contributed by atoms with E-state index in [4.69, 9.17) is 5.11 Å². The second-order valence-electron chi connectivity index (χ2n) is 4.01. The standard InChI is InChI=1S/C8H13BrN4O3S/c1-12-8(7(9)10-11-12)17(15,16)13-3-2-6(4-13)5-14/h6,14H,2-5H2,1H3. The average Bonchev–Trinajstić information content (AvgIpc) is 2.85. The van der Waals surface area contributed by atoms with Gasteiger partial charge in [0.1, 0.15) is 0 Å². The summed E-state index contributed by atoms with van der Waals surface area (Å²) in [5, 5.41) is 16.4. The van der Waals surface area contributed by atoms with E-state index in [9.17, 15) is 8.42 Å². The second kappa shape index (κ2) is 4.63. The van der Waals surface area contributed by atoms with Crippen LogP contribution in [0.3, 0.4) is 0 Å². The molecule has 0 amide bonds. The Morgan fingerprint density at radius 1 is 1.59 bits per heavy atom. The third-order valence-corrected chi connectivity index (χ3v) is 5.58. The van der Waals surface area contributed by atoms with Crippen molar-refractivity contribution in [2.45, 2.75) is 11.4 Å². The lowest BCUT2D eigenvalue weighted by Gasteiger charge is -2.15. The molecule has 17 heavy (non-hydrogen) atoms. The summed E-state index contributed by atoms with van der Waals surface area (Å²) in [5.41, 5.74) is 0. The molecule has 2 heterocycles. The molecule has 2 rings (SSSR count).